The van der Waals surface area contributed by atoms with E-state index in [2.05, 4.69) is 15.8 Å². The molecule has 0 unspecified atom stereocenters. The zero-order valence-electron chi connectivity index (χ0n) is 17.7. The summed E-state index contributed by atoms with van der Waals surface area (Å²) >= 11 is 0. The lowest BCUT2D eigenvalue weighted by Crippen LogP contribution is -2.32. The summed E-state index contributed by atoms with van der Waals surface area (Å²) in [5.74, 6) is -1.76. The molecule has 0 aliphatic heterocycles. The molecule has 3 rings (SSSR count). The molecule has 0 fully saturated rings. The lowest BCUT2D eigenvalue weighted by atomic mass is 10.2. The monoisotopic (exact) mass is 453 g/mol. The Bertz CT molecular complexity index is 1130. The summed E-state index contributed by atoms with van der Waals surface area (Å²) in [4.78, 5) is 23.8. The van der Waals surface area contributed by atoms with Gasteiger partial charge >= 0.3 is 11.8 Å². The number of amides is 2. The molecule has 0 radical (unpaired) electrons. The summed E-state index contributed by atoms with van der Waals surface area (Å²) in [6, 6.07) is 16.0. The Kier molecular flexibility index (Phi) is 8.07. The topological polar surface area (TPSA) is 89.0 Å². The summed E-state index contributed by atoms with van der Waals surface area (Å²) in [5.41, 5.74) is 3.78. The first-order valence-corrected chi connectivity index (χ1v) is 9.98. The third-order valence-electron chi connectivity index (χ3n) is 4.26. The highest BCUT2D eigenvalue weighted by Gasteiger charge is 2.13. The fourth-order valence-corrected chi connectivity index (χ4v) is 2.67. The van der Waals surface area contributed by atoms with Crippen LogP contribution in [0.4, 0.5) is 14.5 Å². The summed E-state index contributed by atoms with van der Waals surface area (Å²) in [6.07, 6.45) is 1.34. The molecule has 0 aliphatic rings. The summed E-state index contributed by atoms with van der Waals surface area (Å²) in [6.45, 7) is 2.45. The van der Waals surface area contributed by atoms with E-state index in [0.29, 0.717) is 23.7 Å². The van der Waals surface area contributed by atoms with Gasteiger partial charge in [-0.15, -0.1) is 0 Å². The van der Waals surface area contributed by atoms with Crippen LogP contribution in [0.2, 0.25) is 0 Å². The molecule has 0 heterocycles. The highest BCUT2D eigenvalue weighted by molar-refractivity contribution is 6.39. The number of nitrogens with one attached hydrogen (secondary N) is 2. The number of benzene rings is 3. The average Bonchev–Trinajstić information content (AvgIpc) is 2.81. The number of hydrogen-bond donors (Lipinski definition) is 2. The molecule has 0 atom stereocenters. The second-order valence-electron chi connectivity index (χ2n) is 6.71. The third-order valence-corrected chi connectivity index (χ3v) is 4.26. The van der Waals surface area contributed by atoms with E-state index in [9.17, 15) is 18.4 Å². The van der Waals surface area contributed by atoms with Crippen molar-refractivity contribution in [2.45, 2.75) is 13.5 Å². The quantitative estimate of drug-likeness (QED) is 0.306. The van der Waals surface area contributed by atoms with E-state index in [1.54, 1.807) is 30.3 Å². The Hall–Kier alpha value is -4.27. The molecule has 0 bridgehead atoms. The van der Waals surface area contributed by atoms with Crippen LogP contribution in [-0.4, -0.2) is 24.6 Å². The number of hydrogen-bond acceptors (Lipinski definition) is 5. The SMILES string of the molecule is CCOc1cc(/C=N\NC(=O)C(=O)Nc2ccc(F)cc2)ccc1OCc1ccc(F)cc1. The number of carbonyl (C=O) groups excluding carboxylic acids is 2. The second kappa shape index (κ2) is 11.4. The van der Waals surface area contributed by atoms with Gasteiger partial charge in [-0.3, -0.25) is 9.59 Å². The smallest absolute Gasteiger partial charge is 0.329 e. The van der Waals surface area contributed by atoms with E-state index in [-0.39, 0.29) is 18.1 Å². The maximum atomic E-state index is 13.0. The standard InChI is InChI=1S/C24H21F2N3O4/c1-2-32-22-13-17(5-12-21(22)33-15-16-3-6-18(25)7-4-16)14-27-29-24(31)23(30)28-20-10-8-19(26)9-11-20/h3-14H,2,15H2,1H3,(H,28,30)(H,29,31)/b27-14-. The minimum Gasteiger partial charge on any atom is -0.490 e. The largest absolute Gasteiger partial charge is 0.490 e. The Balaban J connectivity index is 1.58. The minimum absolute atomic E-state index is 0.229. The Morgan fingerprint density at radius 1 is 0.879 bits per heavy atom. The summed E-state index contributed by atoms with van der Waals surface area (Å²) in [7, 11) is 0. The zero-order valence-corrected chi connectivity index (χ0v) is 17.7. The van der Waals surface area contributed by atoms with Crippen molar-refractivity contribution in [1.29, 1.82) is 0 Å². The Morgan fingerprint density at radius 3 is 2.21 bits per heavy atom. The van der Waals surface area contributed by atoms with Crippen LogP contribution in [-0.2, 0) is 16.2 Å². The van der Waals surface area contributed by atoms with Gasteiger partial charge in [-0.2, -0.15) is 5.10 Å². The number of hydrazone groups is 1. The van der Waals surface area contributed by atoms with E-state index in [0.717, 1.165) is 17.7 Å². The summed E-state index contributed by atoms with van der Waals surface area (Å²) in [5, 5.41) is 6.11. The molecule has 2 amide bonds. The van der Waals surface area contributed by atoms with E-state index >= 15 is 0 Å². The van der Waals surface area contributed by atoms with E-state index < -0.39 is 17.6 Å². The van der Waals surface area contributed by atoms with Gasteiger partial charge in [-0.05, 0) is 72.6 Å². The minimum atomic E-state index is -0.986. The molecule has 7 nitrogen and oxygen atoms in total. The lowest BCUT2D eigenvalue weighted by molar-refractivity contribution is -0.136. The molecule has 0 saturated heterocycles. The number of anilines is 1. The van der Waals surface area contributed by atoms with E-state index in [4.69, 9.17) is 9.47 Å². The van der Waals surface area contributed by atoms with Gasteiger partial charge in [0.2, 0.25) is 0 Å². The van der Waals surface area contributed by atoms with Crippen molar-refractivity contribution in [3.8, 4) is 11.5 Å². The number of carbonyl (C=O) groups is 2. The molecule has 3 aromatic rings. The van der Waals surface area contributed by atoms with E-state index in [1.807, 2.05) is 6.92 Å². The molecular formula is C24H21F2N3O4. The molecule has 170 valence electrons. The molecule has 0 saturated carbocycles. The third kappa shape index (κ3) is 7.13. The highest BCUT2D eigenvalue weighted by atomic mass is 19.1. The van der Waals surface area contributed by atoms with Gasteiger partial charge < -0.3 is 14.8 Å². The summed E-state index contributed by atoms with van der Waals surface area (Å²) < 4.78 is 37.3. The van der Waals surface area contributed by atoms with Gasteiger partial charge in [-0.1, -0.05) is 12.1 Å². The van der Waals surface area contributed by atoms with Crippen LogP contribution in [0.25, 0.3) is 0 Å². The molecule has 0 aromatic heterocycles. The Morgan fingerprint density at radius 2 is 1.55 bits per heavy atom. The molecule has 9 heteroatoms. The van der Waals surface area contributed by atoms with E-state index in [1.165, 1.54) is 30.5 Å². The van der Waals surface area contributed by atoms with Gasteiger partial charge in [-0.25, -0.2) is 14.2 Å². The van der Waals surface area contributed by atoms with Crippen LogP contribution in [0.1, 0.15) is 18.1 Å². The molecule has 0 spiro atoms. The molecule has 2 N–H and O–H groups in total. The van der Waals surface area contributed by atoms with Gasteiger partial charge in [0.15, 0.2) is 11.5 Å². The van der Waals surface area contributed by atoms with Crippen LogP contribution in [0.15, 0.2) is 71.8 Å². The fourth-order valence-electron chi connectivity index (χ4n) is 2.67. The van der Waals surface area contributed by atoms with Gasteiger partial charge in [0.1, 0.15) is 18.2 Å². The molecule has 33 heavy (non-hydrogen) atoms. The van der Waals surface area contributed by atoms with Gasteiger partial charge in [0, 0.05) is 5.69 Å². The van der Waals surface area contributed by atoms with Crippen molar-refractivity contribution in [3.05, 3.63) is 89.5 Å². The maximum absolute atomic E-state index is 13.0. The number of ether oxygens (including phenoxy) is 2. The normalized spacial score (nSPS) is 10.6. The Labute approximate surface area is 189 Å². The second-order valence-corrected chi connectivity index (χ2v) is 6.71. The van der Waals surface area contributed by atoms with Crippen molar-refractivity contribution >= 4 is 23.7 Å². The van der Waals surface area contributed by atoms with Gasteiger partial charge in [0.05, 0.1) is 12.8 Å². The fraction of sp³-hybridized carbons (Fsp3) is 0.125. The van der Waals surface area contributed by atoms with Crippen LogP contribution in [0, 0.1) is 11.6 Å². The highest BCUT2D eigenvalue weighted by Crippen LogP contribution is 2.29. The number of halogens is 2. The van der Waals surface area contributed by atoms with Crippen LogP contribution >= 0.6 is 0 Å². The van der Waals surface area contributed by atoms with Crippen LogP contribution < -0.4 is 20.2 Å². The first kappa shape index (κ1) is 23.4. The zero-order chi connectivity index (χ0) is 23.6. The van der Waals surface area contributed by atoms with Crippen molar-refractivity contribution in [3.63, 3.8) is 0 Å². The first-order valence-electron chi connectivity index (χ1n) is 9.98. The lowest BCUT2D eigenvalue weighted by Gasteiger charge is -2.12. The molecular weight excluding hydrogens is 432 g/mol. The average molecular weight is 453 g/mol. The van der Waals surface area contributed by atoms with Crippen LogP contribution in [0.5, 0.6) is 11.5 Å². The predicted octanol–water partition coefficient (Wildman–Crippen LogP) is 4.03. The van der Waals surface area contributed by atoms with Crippen LogP contribution in [0.3, 0.4) is 0 Å². The first-order chi connectivity index (χ1) is 15.9. The van der Waals surface area contributed by atoms with Crippen molar-refractivity contribution in [2.24, 2.45) is 5.10 Å². The molecule has 3 aromatic carbocycles. The maximum Gasteiger partial charge on any atom is 0.329 e. The number of nitrogens with zero attached hydrogens (tertiary/aromatic N) is 1. The predicted molar refractivity (Wildman–Crippen MR) is 119 cm³/mol. The molecule has 0 aliphatic carbocycles. The number of rotatable bonds is 8. The van der Waals surface area contributed by atoms with Crippen molar-refractivity contribution < 1.29 is 27.8 Å². The van der Waals surface area contributed by atoms with Gasteiger partial charge in [0.25, 0.3) is 0 Å². The van der Waals surface area contributed by atoms with Crippen molar-refractivity contribution in [2.75, 3.05) is 11.9 Å². The van der Waals surface area contributed by atoms with Crippen molar-refractivity contribution in [1.82, 2.24) is 5.43 Å².